The van der Waals surface area contributed by atoms with Crippen LogP contribution in [0.4, 0.5) is 4.39 Å². The lowest BCUT2D eigenvalue weighted by Crippen LogP contribution is -2.24. The van der Waals surface area contributed by atoms with Gasteiger partial charge in [0.05, 0.1) is 11.5 Å². The standard InChI is InChI=1S/C19H18FN3O2S/c1-13-2-6-15(7-3-13)19-22-17(23-25-19)11-26-12-18(24)21-10-14-4-8-16(20)9-5-14/h2-9H,10-12H2,1H3,(H,21,24). The summed E-state index contributed by atoms with van der Waals surface area (Å²) in [5, 5.41) is 6.73. The van der Waals surface area contributed by atoms with Gasteiger partial charge < -0.3 is 9.84 Å². The Labute approximate surface area is 155 Å². The lowest BCUT2D eigenvalue weighted by Gasteiger charge is -2.04. The molecule has 0 unspecified atom stereocenters. The number of thioether (sulfide) groups is 1. The van der Waals surface area contributed by atoms with Crippen LogP contribution < -0.4 is 5.32 Å². The Balaban J connectivity index is 1.42. The van der Waals surface area contributed by atoms with Crippen LogP contribution in [0, 0.1) is 12.7 Å². The van der Waals surface area contributed by atoms with Crippen molar-refractivity contribution in [2.75, 3.05) is 5.75 Å². The summed E-state index contributed by atoms with van der Waals surface area (Å²) in [6, 6.07) is 13.9. The molecule has 0 saturated heterocycles. The summed E-state index contributed by atoms with van der Waals surface area (Å²) in [5.74, 6) is 1.41. The number of carbonyl (C=O) groups is 1. The van der Waals surface area contributed by atoms with Gasteiger partial charge in [0.1, 0.15) is 5.82 Å². The molecule has 2 aromatic carbocycles. The molecule has 0 bridgehead atoms. The molecule has 0 aliphatic rings. The Morgan fingerprint density at radius 1 is 1.15 bits per heavy atom. The highest BCUT2D eigenvalue weighted by Crippen LogP contribution is 2.19. The summed E-state index contributed by atoms with van der Waals surface area (Å²) in [7, 11) is 0. The van der Waals surface area contributed by atoms with Crippen molar-refractivity contribution in [3.63, 3.8) is 0 Å². The zero-order chi connectivity index (χ0) is 18.4. The quantitative estimate of drug-likeness (QED) is 0.685. The average molecular weight is 371 g/mol. The number of nitrogens with one attached hydrogen (secondary N) is 1. The fourth-order valence-electron chi connectivity index (χ4n) is 2.21. The van der Waals surface area contributed by atoms with Crippen LogP contribution in [0.25, 0.3) is 11.5 Å². The molecule has 7 heteroatoms. The van der Waals surface area contributed by atoms with E-state index in [1.165, 1.54) is 23.9 Å². The van der Waals surface area contributed by atoms with E-state index in [2.05, 4.69) is 15.5 Å². The first kappa shape index (κ1) is 18.1. The highest BCUT2D eigenvalue weighted by molar-refractivity contribution is 7.99. The van der Waals surface area contributed by atoms with Crippen LogP contribution in [0.15, 0.2) is 53.1 Å². The third kappa shape index (κ3) is 5.16. The van der Waals surface area contributed by atoms with Crippen LogP contribution in [0.1, 0.15) is 17.0 Å². The summed E-state index contributed by atoms with van der Waals surface area (Å²) < 4.78 is 18.1. The maximum absolute atomic E-state index is 12.8. The molecule has 0 aliphatic carbocycles. The van der Waals surface area contributed by atoms with Crippen LogP contribution in [-0.4, -0.2) is 21.8 Å². The minimum absolute atomic E-state index is 0.0958. The SMILES string of the molecule is Cc1ccc(-c2nc(CSCC(=O)NCc3ccc(F)cc3)no2)cc1. The van der Waals surface area contributed by atoms with E-state index < -0.39 is 0 Å². The number of rotatable bonds is 7. The number of aromatic nitrogens is 2. The second-order valence-electron chi connectivity index (χ2n) is 5.78. The highest BCUT2D eigenvalue weighted by atomic mass is 32.2. The predicted molar refractivity (Wildman–Crippen MR) is 98.9 cm³/mol. The largest absolute Gasteiger partial charge is 0.351 e. The third-order valence-corrected chi connectivity index (χ3v) is 4.56. The van der Waals surface area contributed by atoms with Gasteiger partial charge in [0.25, 0.3) is 5.89 Å². The Kier molecular flexibility index (Phi) is 6.01. The first-order valence-corrected chi connectivity index (χ1v) is 9.24. The van der Waals surface area contributed by atoms with Crippen LogP contribution in [0.5, 0.6) is 0 Å². The van der Waals surface area contributed by atoms with Crippen LogP contribution >= 0.6 is 11.8 Å². The van der Waals surface area contributed by atoms with Crippen molar-refractivity contribution in [1.29, 1.82) is 0 Å². The van der Waals surface area contributed by atoms with Gasteiger partial charge in [-0.3, -0.25) is 4.79 Å². The molecule has 1 aromatic heterocycles. The highest BCUT2D eigenvalue weighted by Gasteiger charge is 2.10. The molecular weight excluding hydrogens is 353 g/mol. The van der Waals surface area contributed by atoms with Gasteiger partial charge in [0, 0.05) is 12.1 Å². The van der Waals surface area contributed by atoms with E-state index >= 15 is 0 Å². The van der Waals surface area contributed by atoms with Crippen molar-refractivity contribution >= 4 is 17.7 Å². The number of amides is 1. The van der Waals surface area contributed by atoms with Gasteiger partial charge in [0.15, 0.2) is 5.82 Å². The molecule has 1 amide bonds. The molecule has 0 radical (unpaired) electrons. The molecule has 0 fully saturated rings. The van der Waals surface area contributed by atoms with Crippen LogP contribution in [0.2, 0.25) is 0 Å². The van der Waals surface area contributed by atoms with E-state index in [4.69, 9.17) is 4.52 Å². The van der Waals surface area contributed by atoms with Gasteiger partial charge >= 0.3 is 0 Å². The molecule has 0 spiro atoms. The molecule has 0 aliphatic heterocycles. The Morgan fingerprint density at radius 3 is 2.62 bits per heavy atom. The summed E-state index contributed by atoms with van der Waals surface area (Å²) in [6.45, 7) is 2.39. The number of nitrogens with zero attached hydrogens (tertiary/aromatic N) is 2. The van der Waals surface area contributed by atoms with Crippen molar-refractivity contribution in [2.45, 2.75) is 19.2 Å². The van der Waals surface area contributed by atoms with Crippen molar-refractivity contribution in [1.82, 2.24) is 15.5 Å². The number of aryl methyl sites for hydroxylation is 1. The van der Waals surface area contributed by atoms with E-state index in [1.807, 2.05) is 31.2 Å². The van der Waals surface area contributed by atoms with Crippen LogP contribution in [-0.2, 0) is 17.1 Å². The average Bonchev–Trinajstić information content (AvgIpc) is 3.11. The van der Waals surface area contributed by atoms with Gasteiger partial charge in [-0.15, -0.1) is 11.8 Å². The number of carbonyl (C=O) groups excluding carboxylic acids is 1. The van der Waals surface area contributed by atoms with Gasteiger partial charge in [-0.1, -0.05) is 35.0 Å². The molecule has 134 valence electrons. The second-order valence-corrected chi connectivity index (χ2v) is 6.76. The summed E-state index contributed by atoms with van der Waals surface area (Å²) in [6.07, 6.45) is 0. The Bertz CT molecular complexity index is 863. The van der Waals surface area contributed by atoms with E-state index in [-0.39, 0.29) is 17.5 Å². The lowest BCUT2D eigenvalue weighted by atomic mass is 10.1. The molecule has 1 N–H and O–H groups in total. The zero-order valence-corrected chi connectivity index (χ0v) is 15.1. The molecular formula is C19H18FN3O2S. The first-order valence-electron chi connectivity index (χ1n) is 8.08. The number of hydrogen-bond donors (Lipinski definition) is 1. The van der Waals surface area contributed by atoms with Crippen molar-refractivity contribution in [3.05, 3.63) is 71.3 Å². The summed E-state index contributed by atoms with van der Waals surface area (Å²) in [5.41, 5.74) is 2.89. The Hall–Kier alpha value is -2.67. The minimum Gasteiger partial charge on any atom is -0.351 e. The zero-order valence-electron chi connectivity index (χ0n) is 14.2. The monoisotopic (exact) mass is 371 g/mol. The van der Waals surface area contributed by atoms with E-state index in [9.17, 15) is 9.18 Å². The van der Waals surface area contributed by atoms with Crippen molar-refractivity contribution in [3.8, 4) is 11.5 Å². The van der Waals surface area contributed by atoms with Gasteiger partial charge in [-0.2, -0.15) is 4.98 Å². The Morgan fingerprint density at radius 2 is 1.88 bits per heavy atom. The number of halogens is 1. The minimum atomic E-state index is -0.291. The van der Waals surface area contributed by atoms with Crippen LogP contribution in [0.3, 0.4) is 0 Å². The van der Waals surface area contributed by atoms with E-state index in [1.54, 1.807) is 12.1 Å². The fraction of sp³-hybridized carbons (Fsp3) is 0.211. The lowest BCUT2D eigenvalue weighted by molar-refractivity contribution is -0.118. The smallest absolute Gasteiger partial charge is 0.257 e. The summed E-state index contributed by atoms with van der Waals surface area (Å²) >= 11 is 1.41. The maximum atomic E-state index is 12.8. The van der Waals surface area contributed by atoms with Crippen molar-refractivity contribution < 1.29 is 13.7 Å². The number of benzene rings is 2. The van der Waals surface area contributed by atoms with Gasteiger partial charge in [0.2, 0.25) is 5.91 Å². The third-order valence-electron chi connectivity index (χ3n) is 3.63. The topological polar surface area (TPSA) is 68.0 Å². The van der Waals surface area contributed by atoms with E-state index in [0.29, 0.717) is 24.0 Å². The molecule has 0 atom stereocenters. The normalized spacial score (nSPS) is 10.7. The molecule has 1 heterocycles. The maximum Gasteiger partial charge on any atom is 0.257 e. The number of hydrogen-bond acceptors (Lipinski definition) is 5. The fourth-order valence-corrected chi connectivity index (χ4v) is 2.90. The molecule has 26 heavy (non-hydrogen) atoms. The molecule has 3 rings (SSSR count). The van der Waals surface area contributed by atoms with Gasteiger partial charge in [-0.05, 0) is 36.8 Å². The predicted octanol–water partition coefficient (Wildman–Crippen LogP) is 3.73. The summed E-state index contributed by atoms with van der Waals surface area (Å²) in [4.78, 5) is 16.2. The molecule has 5 nitrogen and oxygen atoms in total. The molecule has 0 saturated carbocycles. The molecule has 3 aromatic rings. The van der Waals surface area contributed by atoms with E-state index in [0.717, 1.165) is 16.7 Å². The first-order chi connectivity index (χ1) is 12.6. The second kappa shape index (κ2) is 8.62. The van der Waals surface area contributed by atoms with Crippen molar-refractivity contribution in [2.24, 2.45) is 0 Å². The van der Waals surface area contributed by atoms with Gasteiger partial charge in [-0.25, -0.2) is 4.39 Å².